The number of aryl methyl sites for hydroxylation is 1. The number of nitrogens with zero attached hydrogens (tertiary/aromatic N) is 5. The number of ether oxygens (including phenoxy) is 2. The summed E-state index contributed by atoms with van der Waals surface area (Å²) in [5.41, 5.74) is 1.07. The Morgan fingerprint density at radius 3 is 2.50 bits per heavy atom. The topological polar surface area (TPSA) is 88.8 Å². The van der Waals surface area contributed by atoms with E-state index in [1.165, 1.54) is 6.33 Å². The Kier molecular flexibility index (Phi) is 12.1. The van der Waals surface area contributed by atoms with Gasteiger partial charge in [0.2, 0.25) is 0 Å². The largest absolute Gasteiger partial charge is 0.493 e. The quantitative estimate of drug-likeness (QED) is 0.261. The maximum atomic E-state index is 5.92. The summed E-state index contributed by atoms with van der Waals surface area (Å²) in [4.78, 5) is 10.8. The normalized spacial score (nSPS) is 11.2. The molecule has 0 fully saturated rings. The Labute approximate surface area is 196 Å². The van der Waals surface area contributed by atoms with Gasteiger partial charge in [-0.1, -0.05) is 19.9 Å². The van der Waals surface area contributed by atoms with Gasteiger partial charge in [-0.15, -0.1) is 24.0 Å². The van der Waals surface area contributed by atoms with E-state index in [-0.39, 0.29) is 24.0 Å². The number of likely N-dealkylation sites (N-methyl/N-ethyl adjacent to an activating group) is 1. The first kappa shape index (κ1) is 26.0. The molecule has 2 N–H and O–H groups in total. The number of nitrogens with one attached hydrogen (secondary N) is 2. The summed E-state index contributed by atoms with van der Waals surface area (Å²) in [7, 11) is 5.25. The molecule has 168 valence electrons. The minimum atomic E-state index is 0. The Bertz CT molecular complexity index is 778. The van der Waals surface area contributed by atoms with Crippen molar-refractivity contribution < 1.29 is 9.47 Å². The fraction of sp³-hybridized carbons (Fsp3) is 0.550. The highest BCUT2D eigenvalue weighted by atomic mass is 127. The van der Waals surface area contributed by atoms with Crippen LogP contribution in [0.25, 0.3) is 0 Å². The molecule has 0 atom stereocenters. The lowest BCUT2D eigenvalue weighted by atomic mass is 10.2. The molecule has 10 heteroatoms. The number of hydrogen-bond acceptors (Lipinski definition) is 6. The fourth-order valence-corrected chi connectivity index (χ4v) is 2.82. The number of benzene rings is 1. The van der Waals surface area contributed by atoms with E-state index in [0.29, 0.717) is 25.7 Å². The Morgan fingerprint density at radius 2 is 1.90 bits per heavy atom. The minimum absolute atomic E-state index is 0. The Balaban J connectivity index is 0.00000450. The zero-order valence-corrected chi connectivity index (χ0v) is 20.8. The van der Waals surface area contributed by atoms with Crippen LogP contribution in [-0.4, -0.2) is 66.0 Å². The first-order valence-corrected chi connectivity index (χ1v) is 9.90. The summed E-state index contributed by atoms with van der Waals surface area (Å²) in [6.45, 7) is 9.03. The van der Waals surface area contributed by atoms with Crippen LogP contribution in [0.1, 0.15) is 25.2 Å². The molecule has 0 aliphatic heterocycles. The highest BCUT2D eigenvalue weighted by molar-refractivity contribution is 14.0. The number of aromatic nitrogens is 3. The van der Waals surface area contributed by atoms with Gasteiger partial charge in [0.1, 0.15) is 18.8 Å². The van der Waals surface area contributed by atoms with Crippen molar-refractivity contribution in [1.29, 1.82) is 0 Å². The number of guanidine groups is 1. The molecule has 0 radical (unpaired) electrons. The number of hydrogen-bond donors (Lipinski definition) is 2. The molecule has 30 heavy (non-hydrogen) atoms. The molecule has 2 aromatic rings. The average molecular weight is 531 g/mol. The zero-order valence-electron chi connectivity index (χ0n) is 18.5. The average Bonchev–Trinajstić information content (AvgIpc) is 3.16. The van der Waals surface area contributed by atoms with Gasteiger partial charge >= 0.3 is 0 Å². The first-order valence-electron chi connectivity index (χ1n) is 9.90. The zero-order chi connectivity index (χ0) is 21.1. The van der Waals surface area contributed by atoms with Crippen LogP contribution in [0.3, 0.4) is 0 Å². The Morgan fingerprint density at radius 1 is 1.17 bits per heavy atom. The number of halogens is 1. The van der Waals surface area contributed by atoms with Crippen LogP contribution in [-0.2, 0) is 20.1 Å². The van der Waals surface area contributed by atoms with Crippen LogP contribution in [0, 0.1) is 0 Å². The van der Waals surface area contributed by atoms with Gasteiger partial charge in [0, 0.05) is 27.2 Å². The van der Waals surface area contributed by atoms with Crippen molar-refractivity contribution in [3.05, 3.63) is 35.9 Å². The second kappa shape index (κ2) is 14.0. The van der Waals surface area contributed by atoms with Crippen LogP contribution >= 0.6 is 24.0 Å². The molecule has 0 aliphatic carbocycles. The van der Waals surface area contributed by atoms with E-state index in [0.717, 1.165) is 42.5 Å². The van der Waals surface area contributed by atoms with Crippen molar-refractivity contribution in [3.8, 4) is 11.5 Å². The van der Waals surface area contributed by atoms with Crippen LogP contribution in [0.15, 0.2) is 29.5 Å². The van der Waals surface area contributed by atoms with Crippen molar-refractivity contribution in [2.24, 2.45) is 12.0 Å². The summed E-state index contributed by atoms with van der Waals surface area (Å²) in [6, 6.07) is 5.96. The van der Waals surface area contributed by atoms with Crippen molar-refractivity contribution in [1.82, 2.24) is 30.3 Å². The molecule has 0 spiro atoms. The standard InChI is InChI=1S/C20H33N7O2.HI/c1-6-27(7-2)10-11-29-17-9-8-16(12-18(17)28-5)13-22-20(21-3)23-14-19-24-15-25-26(19)4;/h8-9,12,15H,6-7,10-11,13-14H2,1-5H3,(H2,21,22,23);1H. The van der Waals surface area contributed by atoms with Gasteiger partial charge < -0.3 is 25.0 Å². The molecule has 9 nitrogen and oxygen atoms in total. The molecular weight excluding hydrogens is 497 g/mol. The summed E-state index contributed by atoms with van der Waals surface area (Å²) >= 11 is 0. The van der Waals surface area contributed by atoms with Crippen LogP contribution < -0.4 is 20.1 Å². The monoisotopic (exact) mass is 531 g/mol. The van der Waals surface area contributed by atoms with Gasteiger partial charge in [-0.05, 0) is 30.8 Å². The molecule has 0 amide bonds. The van der Waals surface area contributed by atoms with Gasteiger partial charge in [-0.25, -0.2) is 4.98 Å². The highest BCUT2D eigenvalue weighted by Crippen LogP contribution is 2.28. The summed E-state index contributed by atoms with van der Waals surface area (Å²) in [5, 5.41) is 10.6. The molecule has 1 heterocycles. The molecule has 0 bridgehead atoms. The molecule has 0 aliphatic rings. The summed E-state index contributed by atoms with van der Waals surface area (Å²) in [6.07, 6.45) is 1.53. The third kappa shape index (κ3) is 7.98. The van der Waals surface area contributed by atoms with Crippen LogP contribution in [0.2, 0.25) is 0 Å². The third-order valence-electron chi connectivity index (χ3n) is 4.69. The van der Waals surface area contributed by atoms with Crippen LogP contribution in [0.5, 0.6) is 11.5 Å². The lowest BCUT2D eigenvalue weighted by Gasteiger charge is -2.19. The maximum absolute atomic E-state index is 5.92. The number of rotatable bonds is 11. The van der Waals surface area contributed by atoms with Gasteiger partial charge in [-0.3, -0.25) is 9.67 Å². The lowest BCUT2D eigenvalue weighted by Crippen LogP contribution is -2.36. The Hall–Kier alpha value is -2.08. The summed E-state index contributed by atoms with van der Waals surface area (Å²) < 4.78 is 13.2. The highest BCUT2D eigenvalue weighted by Gasteiger charge is 2.08. The number of methoxy groups -OCH3 is 1. The van der Waals surface area contributed by atoms with Gasteiger partial charge in [-0.2, -0.15) is 5.10 Å². The van der Waals surface area contributed by atoms with E-state index < -0.39 is 0 Å². The van der Waals surface area contributed by atoms with Crippen LogP contribution in [0.4, 0.5) is 0 Å². The molecule has 2 rings (SSSR count). The minimum Gasteiger partial charge on any atom is -0.493 e. The van der Waals surface area contributed by atoms with Crippen molar-refractivity contribution in [2.45, 2.75) is 26.9 Å². The predicted octanol–water partition coefficient (Wildman–Crippen LogP) is 2.03. The SMILES string of the molecule is CCN(CC)CCOc1ccc(CNC(=NC)NCc2ncnn2C)cc1OC.I. The lowest BCUT2D eigenvalue weighted by molar-refractivity contribution is 0.217. The molecule has 0 saturated heterocycles. The van der Waals surface area contributed by atoms with E-state index in [9.17, 15) is 0 Å². The van der Waals surface area contributed by atoms with Gasteiger partial charge in [0.15, 0.2) is 17.5 Å². The molecule has 0 unspecified atom stereocenters. The second-order valence-corrected chi connectivity index (χ2v) is 6.44. The van der Waals surface area contributed by atoms with E-state index in [1.807, 2.05) is 25.2 Å². The van der Waals surface area contributed by atoms with E-state index in [2.05, 4.69) is 44.5 Å². The van der Waals surface area contributed by atoms with E-state index >= 15 is 0 Å². The third-order valence-corrected chi connectivity index (χ3v) is 4.69. The van der Waals surface area contributed by atoms with Gasteiger partial charge in [0.05, 0.1) is 13.7 Å². The molecular formula is C20H34IN7O2. The second-order valence-electron chi connectivity index (χ2n) is 6.44. The number of aliphatic imine (C=N–C) groups is 1. The molecule has 1 aromatic heterocycles. The maximum Gasteiger partial charge on any atom is 0.191 e. The molecule has 1 aromatic carbocycles. The molecule has 0 saturated carbocycles. The first-order chi connectivity index (χ1) is 14.1. The van der Waals surface area contributed by atoms with Crippen molar-refractivity contribution in [2.75, 3.05) is 40.4 Å². The van der Waals surface area contributed by atoms with E-state index in [4.69, 9.17) is 9.47 Å². The van der Waals surface area contributed by atoms with E-state index in [1.54, 1.807) is 18.8 Å². The smallest absolute Gasteiger partial charge is 0.191 e. The fourth-order valence-electron chi connectivity index (χ4n) is 2.82. The van der Waals surface area contributed by atoms with Crippen molar-refractivity contribution >= 4 is 29.9 Å². The van der Waals surface area contributed by atoms with Gasteiger partial charge in [0.25, 0.3) is 0 Å². The van der Waals surface area contributed by atoms with Crippen molar-refractivity contribution in [3.63, 3.8) is 0 Å². The summed E-state index contributed by atoms with van der Waals surface area (Å²) in [5.74, 6) is 3.01. The predicted molar refractivity (Wildman–Crippen MR) is 130 cm³/mol.